The van der Waals surface area contributed by atoms with Gasteiger partial charge in [0.1, 0.15) is 11.5 Å². The number of methoxy groups -OCH3 is 1. The molecule has 1 atom stereocenters. The van der Waals surface area contributed by atoms with E-state index in [0.29, 0.717) is 12.2 Å². The van der Waals surface area contributed by atoms with Crippen molar-refractivity contribution in [2.45, 2.75) is 26.2 Å². The SMILES string of the molecule is COc1ccc(C)cc1C1CC(=O)Oc2ccc(C)cc21. The molecule has 0 radical (unpaired) electrons. The molecule has 1 aliphatic heterocycles. The van der Waals surface area contributed by atoms with Crippen LogP contribution in [0.3, 0.4) is 0 Å². The summed E-state index contributed by atoms with van der Waals surface area (Å²) >= 11 is 0. The third kappa shape index (κ3) is 2.51. The maximum atomic E-state index is 11.9. The average Bonchev–Trinajstić information content (AvgIpc) is 2.47. The normalized spacial score (nSPS) is 17.1. The first-order valence-electron chi connectivity index (χ1n) is 7.04. The Morgan fingerprint density at radius 3 is 2.43 bits per heavy atom. The fraction of sp³-hybridized carbons (Fsp3) is 0.278. The summed E-state index contributed by atoms with van der Waals surface area (Å²) in [5, 5.41) is 0. The van der Waals surface area contributed by atoms with Crippen LogP contribution in [0.2, 0.25) is 0 Å². The lowest BCUT2D eigenvalue weighted by Crippen LogP contribution is -2.21. The molecule has 1 aliphatic rings. The maximum Gasteiger partial charge on any atom is 0.312 e. The minimum absolute atomic E-state index is 0.0176. The van der Waals surface area contributed by atoms with Crippen molar-refractivity contribution in [1.29, 1.82) is 0 Å². The molecule has 0 saturated carbocycles. The molecule has 0 N–H and O–H groups in total. The summed E-state index contributed by atoms with van der Waals surface area (Å²) in [6.45, 7) is 4.09. The van der Waals surface area contributed by atoms with Gasteiger partial charge in [0.25, 0.3) is 0 Å². The van der Waals surface area contributed by atoms with Gasteiger partial charge in [0, 0.05) is 17.0 Å². The highest BCUT2D eigenvalue weighted by molar-refractivity contribution is 5.78. The van der Waals surface area contributed by atoms with E-state index in [4.69, 9.17) is 9.47 Å². The molecule has 0 amide bonds. The summed E-state index contributed by atoms with van der Waals surface area (Å²) in [5.41, 5.74) is 4.40. The number of esters is 1. The summed E-state index contributed by atoms with van der Waals surface area (Å²) in [4.78, 5) is 11.9. The van der Waals surface area contributed by atoms with E-state index in [1.165, 1.54) is 0 Å². The molecule has 3 nitrogen and oxygen atoms in total. The predicted octanol–water partition coefficient (Wildman–Crippen LogP) is 3.75. The van der Waals surface area contributed by atoms with Crippen LogP contribution in [0.25, 0.3) is 0 Å². The Balaban J connectivity index is 2.17. The van der Waals surface area contributed by atoms with Gasteiger partial charge in [0.05, 0.1) is 13.5 Å². The van der Waals surface area contributed by atoms with Gasteiger partial charge in [-0.1, -0.05) is 35.4 Å². The molecule has 0 saturated heterocycles. The van der Waals surface area contributed by atoms with Gasteiger partial charge in [-0.2, -0.15) is 0 Å². The quantitative estimate of drug-likeness (QED) is 0.621. The Bertz CT molecular complexity index is 704. The van der Waals surface area contributed by atoms with Crippen molar-refractivity contribution in [3.8, 4) is 11.5 Å². The van der Waals surface area contributed by atoms with E-state index in [1.54, 1.807) is 7.11 Å². The number of carbonyl (C=O) groups excluding carboxylic acids is 1. The molecule has 1 heterocycles. The van der Waals surface area contributed by atoms with Gasteiger partial charge in [-0.25, -0.2) is 0 Å². The first kappa shape index (κ1) is 13.7. The largest absolute Gasteiger partial charge is 0.496 e. The molecule has 108 valence electrons. The third-order valence-electron chi connectivity index (χ3n) is 3.90. The maximum absolute atomic E-state index is 11.9. The lowest BCUT2D eigenvalue weighted by Gasteiger charge is -2.26. The second-order valence-electron chi connectivity index (χ2n) is 5.52. The van der Waals surface area contributed by atoms with Gasteiger partial charge in [-0.3, -0.25) is 4.79 Å². The predicted molar refractivity (Wildman–Crippen MR) is 81.0 cm³/mol. The van der Waals surface area contributed by atoms with Crippen LogP contribution >= 0.6 is 0 Å². The van der Waals surface area contributed by atoms with Crippen molar-refractivity contribution in [1.82, 2.24) is 0 Å². The Hall–Kier alpha value is -2.29. The monoisotopic (exact) mass is 282 g/mol. The lowest BCUT2D eigenvalue weighted by molar-refractivity contribution is -0.135. The van der Waals surface area contributed by atoms with Crippen LogP contribution in [-0.2, 0) is 4.79 Å². The van der Waals surface area contributed by atoms with Crippen molar-refractivity contribution in [3.05, 3.63) is 58.7 Å². The number of aryl methyl sites for hydroxylation is 2. The van der Waals surface area contributed by atoms with E-state index in [-0.39, 0.29) is 11.9 Å². The third-order valence-corrected chi connectivity index (χ3v) is 3.90. The minimum atomic E-state index is -0.195. The molecule has 0 aromatic heterocycles. The van der Waals surface area contributed by atoms with Crippen molar-refractivity contribution < 1.29 is 14.3 Å². The zero-order valence-electron chi connectivity index (χ0n) is 12.5. The zero-order valence-corrected chi connectivity index (χ0v) is 12.5. The second-order valence-corrected chi connectivity index (χ2v) is 5.52. The number of fused-ring (bicyclic) bond motifs is 1. The van der Waals surface area contributed by atoms with E-state index >= 15 is 0 Å². The molecule has 3 heteroatoms. The van der Waals surface area contributed by atoms with Crippen LogP contribution in [0.15, 0.2) is 36.4 Å². The Labute approximate surface area is 124 Å². The van der Waals surface area contributed by atoms with Crippen LogP contribution in [-0.4, -0.2) is 13.1 Å². The first-order valence-corrected chi connectivity index (χ1v) is 7.04. The molecule has 3 rings (SSSR count). The second kappa shape index (κ2) is 5.24. The number of hydrogen-bond acceptors (Lipinski definition) is 3. The van der Waals surface area contributed by atoms with Crippen molar-refractivity contribution in [2.24, 2.45) is 0 Å². The topological polar surface area (TPSA) is 35.5 Å². The smallest absolute Gasteiger partial charge is 0.312 e. The molecule has 0 spiro atoms. The summed E-state index contributed by atoms with van der Waals surface area (Å²) < 4.78 is 10.8. The lowest BCUT2D eigenvalue weighted by atomic mass is 9.84. The van der Waals surface area contributed by atoms with Gasteiger partial charge in [0.15, 0.2) is 0 Å². The highest BCUT2D eigenvalue weighted by atomic mass is 16.5. The number of carbonyl (C=O) groups is 1. The van der Waals surface area contributed by atoms with E-state index in [9.17, 15) is 4.79 Å². The zero-order chi connectivity index (χ0) is 15.0. The van der Waals surface area contributed by atoms with Gasteiger partial charge in [0.2, 0.25) is 0 Å². The van der Waals surface area contributed by atoms with E-state index in [0.717, 1.165) is 28.0 Å². The van der Waals surface area contributed by atoms with Crippen LogP contribution < -0.4 is 9.47 Å². The number of benzene rings is 2. The molecular formula is C18H18O3. The summed E-state index contributed by atoms with van der Waals surface area (Å²) in [7, 11) is 1.66. The molecule has 2 aromatic carbocycles. The fourth-order valence-electron chi connectivity index (χ4n) is 2.88. The van der Waals surface area contributed by atoms with Gasteiger partial charge >= 0.3 is 5.97 Å². The van der Waals surface area contributed by atoms with Crippen molar-refractivity contribution in [2.75, 3.05) is 7.11 Å². The molecule has 0 bridgehead atoms. The van der Waals surface area contributed by atoms with Crippen LogP contribution in [0.4, 0.5) is 0 Å². The summed E-state index contributed by atoms with van der Waals surface area (Å²) in [6, 6.07) is 12.0. The number of rotatable bonds is 2. The Morgan fingerprint density at radius 1 is 1.05 bits per heavy atom. The van der Waals surface area contributed by atoms with Crippen molar-refractivity contribution in [3.63, 3.8) is 0 Å². The van der Waals surface area contributed by atoms with Gasteiger partial charge < -0.3 is 9.47 Å². The molecule has 0 fully saturated rings. The molecule has 0 aliphatic carbocycles. The highest BCUT2D eigenvalue weighted by Gasteiger charge is 2.30. The van der Waals surface area contributed by atoms with E-state index in [2.05, 4.69) is 12.1 Å². The average molecular weight is 282 g/mol. The Kier molecular flexibility index (Phi) is 3.42. The van der Waals surface area contributed by atoms with Crippen molar-refractivity contribution >= 4 is 5.97 Å². The standard InChI is InChI=1S/C18H18O3/c1-11-4-6-16(20-3)14(8-11)13-10-18(19)21-17-7-5-12(2)9-15(13)17/h4-9,13H,10H2,1-3H3. The molecular weight excluding hydrogens is 264 g/mol. The first-order chi connectivity index (χ1) is 10.1. The molecule has 2 aromatic rings. The number of hydrogen-bond donors (Lipinski definition) is 0. The fourth-order valence-corrected chi connectivity index (χ4v) is 2.88. The summed E-state index contributed by atoms with van der Waals surface area (Å²) in [6.07, 6.45) is 0.344. The van der Waals surface area contributed by atoms with Crippen LogP contribution in [0, 0.1) is 13.8 Å². The molecule has 21 heavy (non-hydrogen) atoms. The minimum Gasteiger partial charge on any atom is -0.496 e. The van der Waals surface area contributed by atoms with E-state index in [1.807, 2.05) is 38.1 Å². The highest BCUT2D eigenvalue weighted by Crippen LogP contribution is 2.42. The van der Waals surface area contributed by atoms with Gasteiger partial charge in [-0.05, 0) is 26.0 Å². The van der Waals surface area contributed by atoms with Crippen LogP contribution in [0.1, 0.15) is 34.6 Å². The van der Waals surface area contributed by atoms with Gasteiger partial charge in [-0.15, -0.1) is 0 Å². The molecule has 1 unspecified atom stereocenters. The Morgan fingerprint density at radius 2 is 1.71 bits per heavy atom. The van der Waals surface area contributed by atoms with Crippen LogP contribution in [0.5, 0.6) is 11.5 Å². The number of ether oxygens (including phenoxy) is 2. The van der Waals surface area contributed by atoms with E-state index < -0.39 is 0 Å². The summed E-state index contributed by atoms with van der Waals surface area (Å²) in [5.74, 6) is 1.26.